The molecule has 0 saturated carbocycles. The van der Waals surface area contributed by atoms with Crippen LogP contribution >= 0.6 is 0 Å². The number of rotatable bonds is 5. The van der Waals surface area contributed by atoms with E-state index in [4.69, 9.17) is 16.6 Å². The van der Waals surface area contributed by atoms with Crippen LogP contribution < -0.4 is 16.8 Å². The number of halogens is 4. The van der Waals surface area contributed by atoms with Gasteiger partial charge in [0, 0.05) is 17.4 Å². The van der Waals surface area contributed by atoms with Crippen molar-refractivity contribution in [2.75, 3.05) is 11.5 Å². The molecule has 9 nitrogen and oxygen atoms in total. The Morgan fingerprint density at radius 1 is 1.00 bits per heavy atom. The number of hydrogen-bond donors (Lipinski definition) is 4. The monoisotopic (exact) mass is 461 g/mol. The van der Waals surface area contributed by atoms with Crippen molar-refractivity contribution in [3.63, 3.8) is 0 Å². The molecule has 0 radical (unpaired) electrons. The summed E-state index contributed by atoms with van der Waals surface area (Å²) in [5.41, 5.74) is 11.6. The van der Waals surface area contributed by atoms with Crippen molar-refractivity contribution in [2.24, 2.45) is 0 Å². The summed E-state index contributed by atoms with van der Waals surface area (Å²) < 4.78 is 57.1. The largest absolute Gasteiger partial charge is 0.465 e. The Hall–Kier alpha value is -4.42. The van der Waals surface area contributed by atoms with Crippen LogP contribution in [-0.4, -0.2) is 30.9 Å². The van der Waals surface area contributed by atoms with E-state index >= 15 is 0 Å². The maximum absolute atomic E-state index is 14.2. The Morgan fingerprint density at radius 3 is 2.33 bits per heavy atom. The number of anilines is 2. The molecule has 2 aromatic heterocycles. The molecule has 0 aliphatic heterocycles. The third-order valence-electron chi connectivity index (χ3n) is 4.87. The van der Waals surface area contributed by atoms with E-state index in [2.05, 4.69) is 20.4 Å². The molecule has 33 heavy (non-hydrogen) atoms. The van der Waals surface area contributed by atoms with Crippen molar-refractivity contribution in [3.05, 3.63) is 70.4 Å². The first-order chi connectivity index (χ1) is 15.7. The van der Waals surface area contributed by atoms with Crippen molar-refractivity contribution >= 4 is 28.6 Å². The van der Waals surface area contributed by atoms with Crippen LogP contribution in [0.15, 0.2) is 30.3 Å². The minimum Gasteiger partial charge on any atom is -0.465 e. The van der Waals surface area contributed by atoms with E-state index in [1.807, 2.05) is 0 Å². The fourth-order valence-electron chi connectivity index (χ4n) is 3.28. The van der Waals surface area contributed by atoms with Crippen LogP contribution in [0.5, 0.6) is 0 Å². The number of carbonyl (C=O) groups is 1. The molecule has 170 valence electrons. The second kappa shape index (κ2) is 8.26. The number of amides is 1. The fraction of sp³-hybridized carbons (Fsp3) is 0.100. The number of aromatic nitrogens is 4. The molecule has 0 unspecified atom stereocenters. The molecule has 0 atom stereocenters. The zero-order valence-corrected chi connectivity index (χ0v) is 16.6. The lowest BCUT2D eigenvalue weighted by molar-refractivity contribution is 0.194. The van der Waals surface area contributed by atoms with E-state index in [1.165, 1.54) is 6.07 Å². The van der Waals surface area contributed by atoms with Crippen LogP contribution in [0.2, 0.25) is 0 Å². The summed E-state index contributed by atoms with van der Waals surface area (Å²) in [5.74, 6) is -4.68. The van der Waals surface area contributed by atoms with Gasteiger partial charge in [0.05, 0.1) is 23.3 Å². The number of benzene rings is 2. The molecule has 2 aromatic carbocycles. The lowest BCUT2D eigenvalue weighted by Gasteiger charge is -2.10. The zero-order chi connectivity index (χ0) is 23.9. The van der Waals surface area contributed by atoms with Gasteiger partial charge in [-0.1, -0.05) is 0 Å². The van der Waals surface area contributed by atoms with Crippen LogP contribution in [0.3, 0.4) is 0 Å². The van der Waals surface area contributed by atoms with Crippen molar-refractivity contribution in [1.29, 1.82) is 0 Å². The predicted molar refractivity (Wildman–Crippen MR) is 109 cm³/mol. The second-order valence-corrected chi connectivity index (χ2v) is 6.95. The fourth-order valence-corrected chi connectivity index (χ4v) is 3.28. The quantitative estimate of drug-likeness (QED) is 0.264. The van der Waals surface area contributed by atoms with Gasteiger partial charge in [0.15, 0.2) is 11.6 Å². The lowest BCUT2D eigenvalue weighted by Crippen LogP contribution is -2.23. The standard InChI is InChI=1S/C20H15F4N7O2/c21-8-1-4-15-10(5-8)14(6-9-12(22)2-3-13(23)16(9)24)30-31(15)19-28-17(25)11(18(26)29-19)7-27-20(32)33/h1-5,27H,6-7H2,(H,32,33)(H4,25,26,28,29). The van der Waals surface area contributed by atoms with Gasteiger partial charge in [-0.3, -0.25) is 0 Å². The first kappa shape index (κ1) is 21.8. The Morgan fingerprint density at radius 2 is 1.67 bits per heavy atom. The Kier molecular flexibility index (Phi) is 5.45. The molecule has 4 rings (SSSR count). The van der Waals surface area contributed by atoms with E-state index in [0.29, 0.717) is 6.07 Å². The first-order valence-electron chi connectivity index (χ1n) is 9.34. The van der Waals surface area contributed by atoms with Crippen molar-refractivity contribution < 1.29 is 27.5 Å². The minimum atomic E-state index is -1.38. The van der Waals surface area contributed by atoms with E-state index in [1.54, 1.807) is 0 Å². The molecule has 4 aromatic rings. The van der Waals surface area contributed by atoms with E-state index in [-0.39, 0.29) is 46.3 Å². The molecule has 0 fully saturated rings. The zero-order valence-electron chi connectivity index (χ0n) is 16.6. The summed E-state index contributed by atoms with van der Waals surface area (Å²) >= 11 is 0. The summed E-state index contributed by atoms with van der Waals surface area (Å²) in [5, 5.41) is 15.3. The van der Waals surface area contributed by atoms with Crippen LogP contribution in [0.4, 0.5) is 34.0 Å². The smallest absolute Gasteiger partial charge is 0.404 e. The number of fused-ring (bicyclic) bond motifs is 1. The molecule has 0 bridgehead atoms. The van der Waals surface area contributed by atoms with Gasteiger partial charge in [0.1, 0.15) is 23.3 Å². The van der Waals surface area contributed by atoms with Gasteiger partial charge in [-0.25, -0.2) is 22.4 Å². The highest BCUT2D eigenvalue weighted by atomic mass is 19.2. The van der Waals surface area contributed by atoms with Gasteiger partial charge >= 0.3 is 6.09 Å². The van der Waals surface area contributed by atoms with Crippen LogP contribution in [0.1, 0.15) is 16.8 Å². The van der Waals surface area contributed by atoms with Crippen LogP contribution in [0, 0.1) is 23.3 Å². The molecule has 0 aliphatic rings. The summed E-state index contributed by atoms with van der Waals surface area (Å²) in [6, 6.07) is 5.01. The average molecular weight is 461 g/mol. The number of hydrogen-bond acceptors (Lipinski definition) is 6. The van der Waals surface area contributed by atoms with Gasteiger partial charge in [-0.05, 0) is 30.3 Å². The highest BCUT2D eigenvalue weighted by molar-refractivity contribution is 5.83. The Bertz CT molecular complexity index is 1380. The molecule has 6 N–H and O–H groups in total. The Balaban J connectivity index is 1.84. The lowest BCUT2D eigenvalue weighted by atomic mass is 10.1. The first-order valence-corrected chi connectivity index (χ1v) is 9.34. The van der Waals surface area contributed by atoms with Gasteiger partial charge in [0.25, 0.3) is 5.95 Å². The molecule has 0 saturated heterocycles. The predicted octanol–water partition coefficient (Wildman–Crippen LogP) is 2.89. The third-order valence-corrected chi connectivity index (χ3v) is 4.87. The molecular weight excluding hydrogens is 446 g/mol. The SMILES string of the molecule is Nc1nc(-n2nc(Cc3c(F)ccc(F)c3F)c3cc(F)ccc32)nc(N)c1CNC(=O)O. The van der Waals surface area contributed by atoms with Crippen molar-refractivity contribution in [3.8, 4) is 5.95 Å². The average Bonchev–Trinajstić information content (AvgIpc) is 3.10. The molecule has 1 amide bonds. The number of nitrogens with two attached hydrogens (primary N) is 2. The molecular formula is C20H15F4N7O2. The summed E-state index contributed by atoms with van der Waals surface area (Å²) in [6.07, 6.45) is -1.80. The highest BCUT2D eigenvalue weighted by Gasteiger charge is 2.21. The van der Waals surface area contributed by atoms with Crippen LogP contribution in [-0.2, 0) is 13.0 Å². The maximum atomic E-state index is 14.2. The molecule has 2 heterocycles. The van der Waals surface area contributed by atoms with E-state index < -0.39 is 41.3 Å². The normalized spacial score (nSPS) is 11.2. The highest BCUT2D eigenvalue weighted by Crippen LogP contribution is 2.27. The molecule has 13 heteroatoms. The van der Waals surface area contributed by atoms with Gasteiger partial charge in [-0.2, -0.15) is 19.7 Å². The van der Waals surface area contributed by atoms with Gasteiger partial charge in [0.2, 0.25) is 0 Å². The topological polar surface area (TPSA) is 145 Å². The number of nitrogens with zero attached hydrogens (tertiary/aromatic N) is 4. The number of carboxylic acid groups (broad SMARTS) is 1. The number of nitrogens with one attached hydrogen (secondary N) is 1. The summed E-state index contributed by atoms with van der Waals surface area (Å²) in [4.78, 5) is 18.9. The van der Waals surface area contributed by atoms with Gasteiger partial charge in [-0.15, -0.1) is 0 Å². The molecule has 0 spiro atoms. The minimum absolute atomic E-state index is 0.0188. The molecule has 0 aliphatic carbocycles. The van der Waals surface area contributed by atoms with Crippen LogP contribution in [0.25, 0.3) is 16.9 Å². The third kappa shape index (κ3) is 4.07. The van der Waals surface area contributed by atoms with E-state index in [0.717, 1.165) is 22.9 Å². The van der Waals surface area contributed by atoms with Gasteiger partial charge < -0.3 is 21.9 Å². The van der Waals surface area contributed by atoms with Crippen molar-refractivity contribution in [1.82, 2.24) is 25.1 Å². The van der Waals surface area contributed by atoms with E-state index in [9.17, 15) is 22.4 Å². The Labute approximate surface area is 182 Å². The second-order valence-electron chi connectivity index (χ2n) is 6.95. The van der Waals surface area contributed by atoms with Crippen molar-refractivity contribution in [2.45, 2.75) is 13.0 Å². The summed E-state index contributed by atoms with van der Waals surface area (Å²) in [7, 11) is 0. The number of nitrogen functional groups attached to an aromatic ring is 2. The maximum Gasteiger partial charge on any atom is 0.404 e. The summed E-state index contributed by atoms with van der Waals surface area (Å²) in [6.45, 7) is -0.248.